The number of hydrogen-bond donors (Lipinski definition) is 1. The van der Waals surface area contributed by atoms with Gasteiger partial charge in [0.25, 0.3) is 0 Å². The number of aliphatic hydroxyl groups is 1. The van der Waals surface area contributed by atoms with Crippen molar-refractivity contribution in [1.29, 1.82) is 0 Å². The molecule has 0 fully saturated rings. The number of unbranched alkanes of at least 4 members (excludes halogenated alkanes) is 6. The third-order valence-electron chi connectivity index (χ3n) is 4.71. The minimum Gasteiger partial charge on any atom is -0.466 e. The van der Waals surface area contributed by atoms with E-state index in [0.717, 1.165) is 19.3 Å². The molecule has 0 amide bonds. The molecule has 0 aliphatic carbocycles. The van der Waals surface area contributed by atoms with Crippen LogP contribution in [0.4, 0.5) is 0 Å². The Balaban J connectivity index is 4.35. The van der Waals surface area contributed by atoms with Crippen LogP contribution in [0, 0.1) is 11.8 Å². The fourth-order valence-corrected chi connectivity index (χ4v) is 3.16. The molecule has 22 heavy (non-hydrogen) atoms. The van der Waals surface area contributed by atoms with Crippen molar-refractivity contribution in [2.24, 2.45) is 11.8 Å². The summed E-state index contributed by atoms with van der Waals surface area (Å²) in [6, 6.07) is 0. The van der Waals surface area contributed by atoms with E-state index in [0.29, 0.717) is 13.0 Å². The van der Waals surface area contributed by atoms with Gasteiger partial charge < -0.3 is 9.84 Å². The van der Waals surface area contributed by atoms with Crippen molar-refractivity contribution >= 4 is 5.97 Å². The standard InChI is InChI=1S/C19H38O3/c1-6-9-10-11-12-13-14-15-19(5,21)17(16(4)7-2)18(20)22-8-3/h16-17,21H,6-15H2,1-5H3. The van der Waals surface area contributed by atoms with Crippen LogP contribution in [-0.2, 0) is 9.53 Å². The van der Waals surface area contributed by atoms with Gasteiger partial charge in [0.2, 0.25) is 0 Å². The van der Waals surface area contributed by atoms with Gasteiger partial charge in [-0.05, 0) is 26.2 Å². The Labute approximate surface area is 137 Å². The highest BCUT2D eigenvalue weighted by Gasteiger charge is 2.41. The highest BCUT2D eigenvalue weighted by molar-refractivity contribution is 5.74. The minimum atomic E-state index is -0.967. The number of carbonyl (C=O) groups excluding carboxylic acids is 1. The predicted molar refractivity (Wildman–Crippen MR) is 92.8 cm³/mol. The van der Waals surface area contributed by atoms with E-state index in [4.69, 9.17) is 4.74 Å². The van der Waals surface area contributed by atoms with E-state index in [1.54, 1.807) is 6.92 Å². The molecule has 0 radical (unpaired) electrons. The normalized spacial score (nSPS) is 16.8. The van der Waals surface area contributed by atoms with Crippen molar-refractivity contribution in [1.82, 2.24) is 0 Å². The van der Waals surface area contributed by atoms with E-state index in [9.17, 15) is 9.90 Å². The van der Waals surface area contributed by atoms with Crippen LogP contribution in [0.15, 0.2) is 0 Å². The van der Waals surface area contributed by atoms with Crippen molar-refractivity contribution in [2.75, 3.05) is 6.61 Å². The first-order valence-corrected chi connectivity index (χ1v) is 9.29. The predicted octanol–water partition coefficient (Wildman–Crippen LogP) is 5.10. The van der Waals surface area contributed by atoms with Gasteiger partial charge in [0.1, 0.15) is 0 Å². The summed E-state index contributed by atoms with van der Waals surface area (Å²) in [6.07, 6.45) is 10.1. The highest BCUT2D eigenvalue weighted by Crippen LogP contribution is 2.32. The zero-order chi connectivity index (χ0) is 17.0. The lowest BCUT2D eigenvalue weighted by molar-refractivity contribution is -0.161. The van der Waals surface area contributed by atoms with Gasteiger partial charge in [0.15, 0.2) is 0 Å². The number of hydrogen-bond acceptors (Lipinski definition) is 3. The maximum Gasteiger partial charge on any atom is 0.312 e. The maximum atomic E-state index is 12.2. The van der Waals surface area contributed by atoms with E-state index in [1.165, 1.54) is 32.1 Å². The van der Waals surface area contributed by atoms with Crippen LogP contribution in [0.5, 0.6) is 0 Å². The van der Waals surface area contributed by atoms with E-state index in [1.807, 2.05) is 13.8 Å². The van der Waals surface area contributed by atoms with Gasteiger partial charge in [-0.15, -0.1) is 0 Å². The number of rotatable bonds is 13. The van der Waals surface area contributed by atoms with E-state index in [2.05, 4.69) is 13.8 Å². The number of esters is 1. The number of ether oxygens (including phenoxy) is 1. The highest BCUT2D eigenvalue weighted by atomic mass is 16.5. The Morgan fingerprint density at radius 3 is 2.09 bits per heavy atom. The smallest absolute Gasteiger partial charge is 0.312 e. The molecule has 1 N–H and O–H groups in total. The molecule has 0 aromatic carbocycles. The van der Waals surface area contributed by atoms with Gasteiger partial charge in [-0.2, -0.15) is 0 Å². The van der Waals surface area contributed by atoms with Gasteiger partial charge in [-0.3, -0.25) is 4.79 Å². The summed E-state index contributed by atoms with van der Waals surface area (Å²) in [6.45, 7) is 10.3. The molecule has 0 heterocycles. The fourth-order valence-electron chi connectivity index (χ4n) is 3.16. The van der Waals surface area contributed by atoms with Gasteiger partial charge in [-0.1, -0.05) is 72.1 Å². The maximum absolute atomic E-state index is 12.2. The number of carbonyl (C=O) groups is 1. The van der Waals surface area contributed by atoms with E-state index in [-0.39, 0.29) is 11.9 Å². The summed E-state index contributed by atoms with van der Waals surface area (Å²) in [4.78, 5) is 12.2. The molecular weight excluding hydrogens is 276 g/mol. The Morgan fingerprint density at radius 2 is 1.59 bits per heavy atom. The third kappa shape index (κ3) is 8.17. The minimum absolute atomic E-state index is 0.138. The third-order valence-corrected chi connectivity index (χ3v) is 4.71. The fraction of sp³-hybridized carbons (Fsp3) is 0.947. The molecule has 0 saturated heterocycles. The average molecular weight is 315 g/mol. The van der Waals surface area contributed by atoms with Crippen LogP contribution >= 0.6 is 0 Å². The Kier molecular flexibility index (Phi) is 11.6. The Bertz CT molecular complexity index is 286. The second-order valence-corrected chi connectivity index (χ2v) is 6.84. The first-order valence-electron chi connectivity index (χ1n) is 9.29. The molecule has 0 bridgehead atoms. The zero-order valence-corrected chi connectivity index (χ0v) is 15.5. The second-order valence-electron chi connectivity index (χ2n) is 6.84. The molecule has 0 spiro atoms. The first kappa shape index (κ1) is 21.4. The lowest BCUT2D eigenvalue weighted by Crippen LogP contribution is -2.44. The molecule has 132 valence electrons. The first-order chi connectivity index (χ1) is 10.4. The molecule has 0 saturated carbocycles. The van der Waals surface area contributed by atoms with Crippen LogP contribution in [0.2, 0.25) is 0 Å². The molecule has 0 aromatic heterocycles. The average Bonchev–Trinajstić information content (AvgIpc) is 2.46. The quantitative estimate of drug-likeness (QED) is 0.380. The summed E-state index contributed by atoms with van der Waals surface area (Å²) in [5, 5.41) is 10.8. The van der Waals surface area contributed by atoms with Crippen molar-refractivity contribution in [3.63, 3.8) is 0 Å². The zero-order valence-electron chi connectivity index (χ0n) is 15.5. The van der Waals surface area contributed by atoms with E-state index >= 15 is 0 Å². The summed E-state index contributed by atoms with van der Waals surface area (Å²) >= 11 is 0. The molecule has 0 aliphatic rings. The molecule has 0 rings (SSSR count). The van der Waals surface area contributed by atoms with Crippen molar-refractivity contribution in [3.05, 3.63) is 0 Å². The summed E-state index contributed by atoms with van der Waals surface area (Å²) < 4.78 is 5.19. The largest absolute Gasteiger partial charge is 0.466 e. The van der Waals surface area contributed by atoms with Gasteiger partial charge in [-0.25, -0.2) is 0 Å². The lowest BCUT2D eigenvalue weighted by atomic mass is 9.76. The topological polar surface area (TPSA) is 46.5 Å². The van der Waals surface area contributed by atoms with Crippen molar-refractivity contribution in [3.8, 4) is 0 Å². The molecule has 3 atom stereocenters. The van der Waals surface area contributed by atoms with Crippen LogP contribution in [-0.4, -0.2) is 23.3 Å². The summed E-state index contributed by atoms with van der Waals surface area (Å²) in [5.74, 6) is -0.527. The molecule has 0 aromatic rings. The van der Waals surface area contributed by atoms with E-state index < -0.39 is 11.5 Å². The van der Waals surface area contributed by atoms with Gasteiger partial charge in [0, 0.05) is 0 Å². The van der Waals surface area contributed by atoms with Crippen LogP contribution < -0.4 is 0 Å². The summed E-state index contributed by atoms with van der Waals surface area (Å²) in [7, 11) is 0. The Hall–Kier alpha value is -0.570. The van der Waals surface area contributed by atoms with Crippen LogP contribution in [0.25, 0.3) is 0 Å². The monoisotopic (exact) mass is 314 g/mol. The molecule has 0 aliphatic heterocycles. The lowest BCUT2D eigenvalue weighted by Gasteiger charge is -2.35. The molecule has 3 unspecified atom stereocenters. The van der Waals surface area contributed by atoms with Crippen LogP contribution in [0.1, 0.15) is 92.4 Å². The molecule has 3 heteroatoms. The molecule has 3 nitrogen and oxygen atoms in total. The summed E-state index contributed by atoms with van der Waals surface area (Å²) in [5.41, 5.74) is -0.967. The SMILES string of the molecule is CCCCCCCCCC(C)(O)C(C(=O)OCC)C(C)CC. The second kappa shape index (κ2) is 11.9. The van der Waals surface area contributed by atoms with Crippen LogP contribution in [0.3, 0.4) is 0 Å². The van der Waals surface area contributed by atoms with Gasteiger partial charge >= 0.3 is 5.97 Å². The van der Waals surface area contributed by atoms with Crippen molar-refractivity contribution < 1.29 is 14.6 Å². The van der Waals surface area contributed by atoms with Gasteiger partial charge in [0.05, 0.1) is 18.1 Å². The Morgan fingerprint density at radius 1 is 1.05 bits per heavy atom. The van der Waals surface area contributed by atoms with Crippen molar-refractivity contribution in [2.45, 2.75) is 98.0 Å². The molecular formula is C19H38O3.